The van der Waals surface area contributed by atoms with Gasteiger partial charge in [0, 0.05) is 4.88 Å². The highest BCUT2D eigenvalue weighted by Crippen LogP contribution is 2.32. The van der Waals surface area contributed by atoms with Gasteiger partial charge in [-0.05, 0) is 31.2 Å². The minimum absolute atomic E-state index is 0.0547. The van der Waals surface area contributed by atoms with E-state index in [-0.39, 0.29) is 12.1 Å². The smallest absolute Gasteiger partial charge is 0.263 e. The molecular weight excluding hydrogens is 246 g/mol. The molecule has 0 amide bonds. The highest BCUT2D eigenvalue weighted by molar-refractivity contribution is 7.18. The summed E-state index contributed by atoms with van der Waals surface area (Å²) in [6.07, 6.45) is 7.10. The van der Waals surface area contributed by atoms with Gasteiger partial charge in [0.15, 0.2) is 0 Å². The molecule has 3 rings (SSSR count). The van der Waals surface area contributed by atoms with Gasteiger partial charge in [-0.2, -0.15) is 5.26 Å². The maximum absolute atomic E-state index is 12.3. The standard InChI is InChI=1S/C13H13N3OS/c14-6-7-16-8-15-12-11(13(16)17)9-4-2-1-3-5-10(9)18-12/h8H,1-5,7H2. The Balaban J connectivity index is 2.27. The summed E-state index contributed by atoms with van der Waals surface area (Å²) >= 11 is 1.65. The van der Waals surface area contributed by atoms with Crippen molar-refractivity contribution < 1.29 is 0 Å². The van der Waals surface area contributed by atoms with E-state index in [9.17, 15) is 4.79 Å². The van der Waals surface area contributed by atoms with Crippen molar-refractivity contribution in [3.05, 3.63) is 27.1 Å². The molecule has 2 heterocycles. The lowest BCUT2D eigenvalue weighted by Gasteiger charge is -2.01. The average molecular weight is 259 g/mol. The van der Waals surface area contributed by atoms with Crippen molar-refractivity contribution in [3.8, 4) is 6.07 Å². The molecule has 0 aromatic carbocycles. The van der Waals surface area contributed by atoms with Crippen LogP contribution in [-0.4, -0.2) is 9.55 Å². The van der Waals surface area contributed by atoms with Crippen LogP contribution >= 0.6 is 11.3 Å². The summed E-state index contributed by atoms with van der Waals surface area (Å²) in [5, 5.41) is 9.47. The third kappa shape index (κ3) is 1.73. The van der Waals surface area contributed by atoms with E-state index in [1.165, 1.54) is 34.2 Å². The topological polar surface area (TPSA) is 58.7 Å². The number of fused-ring (bicyclic) bond motifs is 3. The van der Waals surface area contributed by atoms with Gasteiger partial charge in [0.05, 0.1) is 11.5 Å². The van der Waals surface area contributed by atoms with E-state index < -0.39 is 0 Å². The zero-order valence-corrected chi connectivity index (χ0v) is 10.8. The molecule has 2 aromatic rings. The molecule has 1 aliphatic carbocycles. The predicted octanol–water partition coefficient (Wildman–Crippen LogP) is 2.25. The molecule has 0 bridgehead atoms. The number of nitriles is 1. The molecule has 0 N–H and O–H groups in total. The molecule has 0 saturated heterocycles. The fourth-order valence-corrected chi connectivity index (χ4v) is 3.77. The van der Waals surface area contributed by atoms with Crippen LogP contribution in [0.1, 0.15) is 29.7 Å². The number of nitrogens with zero attached hydrogens (tertiary/aromatic N) is 3. The molecule has 5 heteroatoms. The van der Waals surface area contributed by atoms with Crippen molar-refractivity contribution in [2.45, 2.75) is 38.6 Å². The zero-order valence-electron chi connectivity index (χ0n) is 9.98. The van der Waals surface area contributed by atoms with Crippen LogP contribution in [0.5, 0.6) is 0 Å². The van der Waals surface area contributed by atoms with Crippen LogP contribution in [0.15, 0.2) is 11.1 Å². The average Bonchev–Trinajstić information content (AvgIpc) is 2.56. The van der Waals surface area contributed by atoms with Crippen LogP contribution in [0.4, 0.5) is 0 Å². The van der Waals surface area contributed by atoms with Gasteiger partial charge < -0.3 is 0 Å². The van der Waals surface area contributed by atoms with Gasteiger partial charge in [-0.15, -0.1) is 11.3 Å². The lowest BCUT2D eigenvalue weighted by molar-refractivity contribution is 0.713. The molecule has 92 valence electrons. The first kappa shape index (κ1) is 11.4. The Kier molecular flexibility index (Phi) is 2.88. The predicted molar refractivity (Wildman–Crippen MR) is 70.8 cm³/mol. The van der Waals surface area contributed by atoms with E-state index >= 15 is 0 Å². The third-order valence-electron chi connectivity index (χ3n) is 3.43. The Morgan fingerprint density at radius 3 is 3.06 bits per heavy atom. The van der Waals surface area contributed by atoms with E-state index in [1.54, 1.807) is 11.3 Å². The first-order valence-electron chi connectivity index (χ1n) is 6.18. The molecule has 4 nitrogen and oxygen atoms in total. The van der Waals surface area contributed by atoms with Gasteiger partial charge in [-0.1, -0.05) is 6.42 Å². The Morgan fingerprint density at radius 2 is 2.22 bits per heavy atom. The fourth-order valence-electron chi connectivity index (χ4n) is 2.55. The molecule has 2 aromatic heterocycles. The van der Waals surface area contributed by atoms with Crippen LogP contribution < -0.4 is 5.56 Å². The zero-order chi connectivity index (χ0) is 12.5. The number of thiophene rings is 1. The van der Waals surface area contributed by atoms with Gasteiger partial charge in [-0.25, -0.2) is 4.98 Å². The van der Waals surface area contributed by atoms with Gasteiger partial charge in [0.1, 0.15) is 17.7 Å². The van der Waals surface area contributed by atoms with Gasteiger partial charge in [0.25, 0.3) is 5.56 Å². The number of hydrogen-bond acceptors (Lipinski definition) is 4. The van der Waals surface area contributed by atoms with Crippen LogP contribution in [0, 0.1) is 11.3 Å². The largest absolute Gasteiger partial charge is 0.285 e. The Hall–Kier alpha value is -1.67. The van der Waals surface area contributed by atoms with E-state index in [1.807, 2.05) is 6.07 Å². The number of aromatic nitrogens is 2. The quantitative estimate of drug-likeness (QED) is 0.738. The molecule has 0 saturated carbocycles. The van der Waals surface area contributed by atoms with Crippen LogP contribution in [0.25, 0.3) is 10.2 Å². The molecule has 1 aliphatic rings. The summed E-state index contributed by atoms with van der Waals surface area (Å²) in [4.78, 5) is 18.8. The highest BCUT2D eigenvalue weighted by atomic mass is 32.1. The number of aryl methyl sites for hydroxylation is 2. The second-order valence-corrected chi connectivity index (χ2v) is 5.66. The first-order chi connectivity index (χ1) is 8.81. The maximum Gasteiger partial charge on any atom is 0.263 e. The van der Waals surface area contributed by atoms with Crippen LogP contribution in [0.2, 0.25) is 0 Å². The second kappa shape index (κ2) is 4.54. The van der Waals surface area contributed by atoms with E-state index in [2.05, 4.69) is 4.98 Å². The molecule has 18 heavy (non-hydrogen) atoms. The van der Waals surface area contributed by atoms with E-state index in [4.69, 9.17) is 5.26 Å². The summed E-state index contributed by atoms with van der Waals surface area (Å²) in [5.41, 5.74) is 1.14. The van der Waals surface area contributed by atoms with E-state index in [0.717, 1.165) is 29.5 Å². The lowest BCUT2D eigenvalue weighted by atomic mass is 10.1. The molecule has 0 fully saturated rings. The minimum Gasteiger partial charge on any atom is -0.285 e. The fraction of sp³-hybridized carbons (Fsp3) is 0.462. The van der Waals surface area contributed by atoms with Crippen LogP contribution in [0.3, 0.4) is 0 Å². The normalized spacial score (nSPS) is 15.1. The maximum atomic E-state index is 12.3. The van der Waals surface area contributed by atoms with Crippen molar-refractivity contribution >= 4 is 21.6 Å². The highest BCUT2D eigenvalue weighted by Gasteiger charge is 2.18. The van der Waals surface area contributed by atoms with Gasteiger partial charge in [0.2, 0.25) is 0 Å². The minimum atomic E-state index is -0.0547. The van der Waals surface area contributed by atoms with Crippen molar-refractivity contribution in [1.29, 1.82) is 5.26 Å². The van der Waals surface area contributed by atoms with Crippen molar-refractivity contribution in [2.75, 3.05) is 0 Å². The summed E-state index contributed by atoms with van der Waals surface area (Å²) < 4.78 is 1.40. The third-order valence-corrected chi connectivity index (χ3v) is 4.63. The number of hydrogen-bond donors (Lipinski definition) is 0. The van der Waals surface area contributed by atoms with Gasteiger partial charge in [-0.3, -0.25) is 9.36 Å². The Morgan fingerprint density at radius 1 is 1.39 bits per heavy atom. The van der Waals surface area contributed by atoms with Crippen LogP contribution in [-0.2, 0) is 19.4 Å². The summed E-state index contributed by atoms with van der Waals surface area (Å²) in [6.45, 7) is 0.0758. The summed E-state index contributed by atoms with van der Waals surface area (Å²) in [6, 6.07) is 2.00. The number of rotatable bonds is 1. The second-order valence-electron chi connectivity index (χ2n) is 4.58. The Labute approximate surface area is 109 Å². The molecule has 0 unspecified atom stereocenters. The monoisotopic (exact) mass is 259 g/mol. The van der Waals surface area contributed by atoms with E-state index in [0.29, 0.717) is 0 Å². The molecule has 0 aliphatic heterocycles. The summed E-state index contributed by atoms with van der Waals surface area (Å²) in [5.74, 6) is 0. The van der Waals surface area contributed by atoms with Gasteiger partial charge >= 0.3 is 0 Å². The molecule has 0 atom stereocenters. The summed E-state index contributed by atoms with van der Waals surface area (Å²) in [7, 11) is 0. The SMILES string of the molecule is N#CCn1cnc2sc3c(c2c1=O)CCCCC3. The van der Waals surface area contributed by atoms with Crippen molar-refractivity contribution in [3.63, 3.8) is 0 Å². The first-order valence-corrected chi connectivity index (χ1v) is 6.99. The van der Waals surface area contributed by atoms with Crippen molar-refractivity contribution in [2.24, 2.45) is 0 Å². The molecule has 0 spiro atoms. The lowest BCUT2D eigenvalue weighted by Crippen LogP contribution is -2.20. The molecular formula is C13H13N3OS. The van der Waals surface area contributed by atoms with Crippen molar-refractivity contribution in [1.82, 2.24) is 9.55 Å². The Bertz CT molecular complexity index is 693. The molecule has 0 radical (unpaired) electrons.